The van der Waals surface area contributed by atoms with Crippen molar-refractivity contribution in [3.8, 4) is 0 Å². The molecule has 0 aromatic carbocycles. The summed E-state index contributed by atoms with van der Waals surface area (Å²) in [6.07, 6.45) is -8.74. The minimum atomic E-state index is -6.71. The van der Waals surface area contributed by atoms with Gasteiger partial charge in [-0.25, -0.2) is 42.8 Å². The SMILES string of the molecule is [BH3-]P(=O)(OC[C@H]1O[C@@H](n2cnc3c(N)ncnc32)[C@H](O)[C@@H]1O)OP(=O)([O-])OP(=O)([O-])OP(=O)([O-])OP(=O)([O-])OC[C@H]1O[C@@H](n2cnc3c(N)ncnc32)[C@H](O)[C@@H]1O.[Na+].[Na+].[Na+].[Na+].[Na+]. The molecule has 62 heavy (non-hydrogen) atoms. The Bertz CT molecular complexity index is 2260. The van der Waals surface area contributed by atoms with Crippen molar-refractivity contribution in [2.24, 2.45) is 0 Å². The molecule has 0 bridgehead atoms. The third-order valence-corrected chi connectivity index (χ3v) is 14.5. The van der Waals surface area contributed by atoms with E-state index < -0.39 is 109 Å². The molecule has 5 unspecified atom stereocenters. The van der Waals surface area contributed by atoms with Crippen molar-refractivity contribution >= 4 is 80.3 Å². The summed E-state index contributed by atoms with van der Waals surface area (Å²) < 4.78 is 99.3. The summed E-state index contributed by atoms with van der Waals surface area (Å²) in [6.45, 7) is -2.17. The van der Waals surface area contributed by atoms with Crippen molar-refractivity contribution in [1.29, 1.82) is 0 Å². The second kappa shape index (κ2) is 24.4. The number of ether oxygens (including phenoxy) is 2. The maximum atomic E-state index is 12.9. The Morgan fingerprint density at radius 3 is 1.34 bits per heavy atom. The Kier molecular flexibility index (Phi) is 24.5. The molecule has 0 radical (unpaired) electrons. The third-order valence-electron chi connectivity index (χ3n) is 7.50. The Morgan fingerprint density at radius 1 is 0.581 bits per heavy atom. The van der Waals surface area contributed by atoms with E-state index >= 15 is 0 Å². The maximum Gasteiger partial charge on any atom is 1.00 e. The molecule has 31 nitrogen and oxygen atoms in total. The molecule has 4 aromatic heterocycles. The van der Waals surface area contributed by atoms with E-state index in [4.69, 9.17) is 25.5 Å². The number of nitrogens with zero attached hydrogens (tertiary/aromatic N) is 8. The topological polar surface area (TPSA) is 472 Å². The van der Waals surface area contributed by atoms with Crippen molar-refractivity contribution in [3.05, 3.63) is 25.3 Å². The first-order valence-corrected chi connectivity index (χ1v) is 21.7. The Labute approximate surface area is 458 Å². The van der Waals surface area contributed by atoms with Gasteiger partial charge in [-0.3, -0.25) is 31.7 Å². The van der Waals surface area contributed by atoms with E-state index in [1.165, 1.54) is 4.57 Å². The van der Waals surface area contributed by atoms with Crippen molar-refractivity contribution in [2.75, 3.05) is 24.7 Å². The van der Waals surface area contributed by atoms with Crippen LogP contribution in [0.5, 0.6) is 0 Å². The summed E-state index contributed by atoms with van der Waals surface area (Å²) in [7, 11) is -32.5. The molecule has 4 aromatic rings. The van der Waals surface area contributed by atoms with Crippen LogP contribution < -0.4 is 179 Å². The van der Waals surface area contributed by atoms with Crippen LogP contribution in [0.25, 0.3) is 22.3 Å². The van der Waals surface area contributed by atoms with Gasteiger partial charge in [0.15, 0.2) is 42.9 Å². The summed E-state index contributed by atoms with van der Waals surface area (Å²) in [6, 6.07) is 0. The minimum absolute atomic E-state index is 0. The van der Waals surface area contributed by atoms with Gasteiger partial charge in [0.05, 0.1) is 33.4 Å². The number of nitrogens with two attached hydrogens (primary N) is 2. The van der Waals surface area contributed by atoms with Crippen LogP contribution in [0.1, 0.15) is 12.5 Å². The van der Waals surface area contributed by atoms with Gasteiger partial charge in [0.25, 0.3) is 31.3 Å². The zero-order valence-electron chi connectivity index (χ0n) is 32.0. The van der Waals surface area contributed by atoms with E-state index in [1.807, 2.05) is 0 Å². The number of aliphatic hydroxyl groups excluding tert-OH is 4. The fourth-order valence-corrected chi connectivity index (χ4v) is 10.9. The molecule has 2 saturated heterocycles. The van der Waals surface area contributed by atoms with Gasteiger partial charge < -0.3 is 74.6 Å². The maximum absolute atomic E-state index is 12.9. The summed E-state index contributed by atoms with van der Waals surface area (Å²) in [5.41, 5.74) is 11.8. The van der Waals surface area contributed by atoms with E-state index in [-0.39, 0.29) is 182 Å². The molecule has 2 aliphatic heterocycles. The fraction of sp³-hybridized carbons (Fsp3) is 0.500. The van der Waals surface area contributed by atoms with E-state index in [0.29, 0.717) is 0 Å². The predicted octanol–water partition coefficient (Wildman–Crippen LogP) is -20.5. The number of nitrogen functional groups attached to an aromatic ring is 2. The largest absolute Gasteiger partial charge is 1.00 e. The average molecular weight is 1020 g/mol. The van der Waals surface area contributed by atoms with E-state index in [9.17, 15) is 62.8 Å². The third kappa shape index (κ3) is 15.1. The van der Waals surface area contributed by atoms with Gasteiger partial charge >= 0.3 is 148 Å². The number of anilines is 2. The van der Waals surface area contributed by atoms with Crippen LogP contribution in [0.2, 0.25) is 0 Å². The number of fused-ring (bicyclic) bond motifs is 2. The van der Waals surface area contributed by atoms with Crippen LogP contribution >= 0.6 is 38.8 Å². The Balaban J connectivity index is 0.00000384. The van der Waals surface area contributed by atoms with Gasteiger partial charge in [-0.2, -0.15) is 0 Å². The standard InChI is InChI=1S/C20H31BN10O21P5.5Na/c21-53(36,45-1-7-11(32)13(34)19(47-7)30-5-28-9-15(22)24-3-26-17(9)30)49-55(39,40)51-57(43,44)52-56(41,42)50-54(37,38)46-2-8-12(33)14(35)20(48-8)31-6-29-10-16(23)25-4-27-18(10)31;;;;;/h3-8,11-14,19-20,32-35H,1-2H2,21H3,(H,37,38)(H,39,40)(H,41,42)(H,43,44)(H2,22,24,26)(H2,23,25,27);;;;;/q-1;5*+1/p-4/t7-,8-,11-,12-,13-,14-,19-,20-,53?;;;;;/m1...../s1. The van der Waals surface area contributed by atoms with E-state index in [0.717, 1.165) is 29.9 Å². The van der Waals surface area contributed by atoms with Gasteiger partial charge in [0.1, 0.15) is 60.3 Å². The number of hydrogen-bond acceptors (Lipinski definition) is 29. The number of rotatable bonds is 16. The minimum Gasteiger partial charge on any atom is -0.756 e. The van der Waals surface area contributed by atoms with Crippen LogP contribution in [0.3, 0.4) is 0 Å². The first-order valence-electron chi connectivity index (χ1n) is 14.8. The molecular weight excluding hydrogens is 997 g/mol. The van der Waals surface area contributed by atoms with Crippen molar-refractivity contribution < 1.29 is 246 Å². The van der Waals surface area contributed by atoms with Gasteiger partial charge in [-0.05, 0) is 0 Å². The van der Waals surface area contributed by atoms with Gasteiger partial charge in [-0.1, -0.05) is 0 Å². The second-order valence-corrected chi connectivity index (χ2v) is 18.3. The zero-order valence-corrected chi connectivity index (χ0v) is 46.5. The normalized spacial score (nSPS) is 28.3. The molecule has 13 atom stereocenters. The molecule has 6 rings (SSSR count). The molecule has 8 N–H and O–H groups in total. The molecule has 6 heterocycles. The molecular formula is C20H27BN10Na5O21P5. The molecule has 316 valence electrons. The predicted molar refractivity (Wildman–Crippen MR) is 176 cm³/mol. The van der Waals surface area contributed by atoms with Crippen LogP contribution in [0, 0.1) is 0 Å². The molecule has 0 spiro atoms. The smallest absolute Gasteiger partial charge is 0.756 e. The summed E-state index contributed by atoms with van der Waals surface area (Å²) >= 11 is 0. The zero-order chi connectivity index (χ0) is 41.9. The summed E-state index contributed by atoms with van der Waals surface area (Å²) in [5.74, 6) is -0.0605. The van der Waals surface area contributed by atoms with Gasteiger partial charge in [0.2, 0.25) is 0 Å². The van der Waals surface area contributed by atoms with Gasteiger partial charge in [-0.15, -0.1) is 0 Å². The first-order chi connectivity index (χ1) is 26.4. The van der Waals surface area contributed by atoms with Crippen molar-refractivity contribution in [2.45, 2.75) is 49.1 Å². The molecule has 42 heteroatoms. The van der Waals surface area contributed by atoms with Crippen LogP contribution in [-0.2, 0) is 58.6 Å². The number of aromatic nitrogens is 8. The number of aliphatic hydroxyl groups is 4. The first kappa shape index (κ1) is 62.3. The number of imidazole rings is 2. The van der Waals surface area contributed by atoms with Crippen LogP contribution in [0.4, 0.5) is 11.6 Å². The van der Waals surface area contributed by atoms with E-state index in [1.54, 1.807) is 0 Å². The molecule has 2 aliphatic rings. The number of hydrogen-bond donors (Lipinski definition) is 6. The molecule has 0 aliphatic carbocycles. The Morgan fingerprint density at radius 2 is 0.935 bits per heavy atom. The molecule has 0 saturated carbocycles. The van der Waals surface area contributed by atoms with Crippen LogP contribution in [0.15, 0.2) is 25.3 Å². The number of phosphoric acid groups is 4. The molecule has 0 amide bonds. The second-order valence-electron chi connectivity index (χ2n) is 11.2. The summed E-state index contributed by atoms with van der Waals surface area (Å²) in [4.78, 5) is 72.3. The number of phosphoric ester groups is 1. The summed E-state index contributed by atoms with van der Waals surface area (Å²) in [5, 5.41) is 41.9. The quantitative estimate of drug-likeness (QED) is 0.0448. The van der Waals surface area contributed by atoms with Crippen LogP contribution in [-0.4, -0.2) is 117 Å². The average Bonchev–Trinajstić information content (AvgIpc) is 3.83. The Hall–Kier alpha value is 2.27. The monoisotopic (exact) mass is 1020 g/mol. The molecule has 2 fully saturated rings. The van der Waals surface area contributed by atoms with E-state index in [2.05, 4.69) is 51.7 Å². The van der Waals surface area contributed by atoms with Gasteiger partial charge in [0, 0.05) is 0 Å². The fourth-order valence-electron chi connectivity index (χ4n) is 5.15. The van der Waals surface area contributed by atoms with Crippen molar-refractivity contribution in [3.63, 3.8) is 0 Å². The van der Waals surface area contributed by atoms with Crippen molar-refractivity contribution in [1.82, 2.24) is 39.0 Å².